The van der Waals surface area contributed by atoms with E-state index in [9.17, 15) is 0 Å². The summed E-state index contributed by atoms with van der Waals surface area (Å²) in [5.74, 6) is 0. The summed E-state index contributed by atoms with van der Waals surface area (Å²) in [6.07, 6.45) is 2.46. The molecule has 0 nitrogen and oxygen atoms in total. The monoisotopic (exact) mass is 214 g/mol. The second-order valence-electron chi connectivity index (χ2n) is 3.88. The fourth-order valence-electron chi connectivity index (χ4n) is 2.39. The molecule has 0 aromatic heterocycles. The van der Waals surface area contributed by atoms with E-state index in [1.54, 1.807) is 0 Å². The minimum atomic E-state index is 0. The third-order valence-electron chi connectivity index (χ3n) is 3.09. The first-order valence-electron chi connectivity index (χ1n) is 5.86. The molecule has 0 aliphatic heterocycles. The quantitative estimate of drug-likeness (QED) is 0.584. The first-order valence-corrected chi connectivity index (χ1v) is 5.86. The SMILES string of the molecule is C.CC.Cc1ccc2c3c(cccc13)CC2. The molecule has 0 heterocycles. The van der Waals surface area contributed by atoms with Gasteiger partial charge in [0.15, 0.2) is 0 Å². The lowest BCUT2D eigenvalue weighted by Gasteiger charge is -2.04. The van der Waals surface area contributed by atoms with Crippen LogP contribution in [0.25, 0.3) is 10.8 Å². The van der Waals surface area contributed by atoms with Crippen molar-refractivity contribution in [2.45, 2.75) is 41.0 Å². The third-order valence-corrected chi connectivity index (χ3v) is 3.09. The fraction of sp³-hybridized carbons (Fsp3) is 0.375. The molecule has 2 aromatic carbocycles. The zero-order valence-corrected chi connectivity index (χ0v) is 9.80. The van der Waals surface area contributed by atoms with Crippen molar-refractivity contribution < 1.29 is 0 Å². The van der Waals surface area contributed by atoms with Gasteiger partial charge < -0.3 is 0 Å². The predicted octanol–water partition coefficient (Wildman–Crippen LogP) is 4.91. The van der Waals surface area contributed by atoms with Crippen LogP contribution in [0.4, 0.5) is 0 Å². The van der Waals surface area contributed by atoms with Crippen molar-refractivity contribution in [2.24, 2.45) is 0 Å². The summed E-state index contributed by atoms with van der Waals surface area (Å²) < 4.78 is 0. The van der Waals surface area contributed by atoms with Gasteiger partial charge in [0.25, 0.3) is 0 Å². The van der Waals surface area contributed by atoms with E-state index in [0.717, 1.165) is 0 Å². The van der Waals surface area contributed by atoms with Gasteiger partial charge in [-0.3, -0.25) is 0 Å². The maximum Gasteiger partial charge on any atom is -0.0117 e. The summed E-state index contributed by atoms with van der Waals surface area (Å²) >= 11 is 0. The van der Waals surface area contributed by atoms with E-state index in [0.29, 0.717) is 0 Å². The molecule has 1 aliphatic rings. The molecule has 86 valence electrons. The van der Waals surface area contributed by atoms with Crippen LogP contribution < -0.4 is 0 Å². The lowest BCUT2D eigenvalue weighted by atomic mass is 10.0. The summed E-state index contributed by atoms with van der Waals surface area (Å²) in [6.45, 7) is 6.20. The van der Waals surface area contributed by atoms with Gasteiger partial charge >= 0.3 is 0 Å². The van der Waals surface area contributed by atoms with E-state index in [4.69, 9.17) is 0 Å². The van der Waals surface area contributed by atoms with E-state index in [1.165, 1.54) is 40.3 Å². The molecular formula is C16H22. The minimum absolute atomic E-state index is 0. The number of hydrogen-bond acceptors (Lipinski definition) is 0. The highest BCUT2D eigenvalue weighted by molar-refractivity contribution is 5.92. The summed E-state index contributed by atoms with van der Waals surface area (Å²) in [5.41, 5.74) is 4.48. The van der Waals surface area contributed by atoms with E-state index in [2.05, 4.69) is 37.3 Å². The van der Waals surface area contributed by atoms with Crippen LogP contribution in [0.3, 0.4) is 0 Å². The average Bonchev–Trinajstić information content (AvgIpc) is 2.71. The number of rotatable bonds is 0. The molecule has 3 rings (SSSR count). The fourth-order valence-corrected chi connectivity index (χ4v) is 2.39. The lowest BCUT2D eigenvalue weighted by molar-refractivity contribution is 1.02. The van der Waals surface area contributed by atoms with Crippen LogP contribution in [0.5, 0.6) is 0 Å². The molecule has 16 heavy (non-hydrogen) atoms. The molecule has 0 bridgehead atoms. The van der Waals surface area contributed by atoms with Crippen LogP contribution >= 0.6 is 0 Å². The Hall–Kier alpha value is -1.30. The first-order chi connectivity index (χ1) is 7.36. The third kappa shape index (κ3) is 1.84. The average molecular weight is 214 g/mol. The lowest BCUT2D eigenvalue weighted by Crippen LogP contribution is -1.81. The summed E-state index contributed by atoms with van der Waals surface area (Å²) in [5, 5.41) is 2.98. The molecule has 0 spiro atoms. The van der Waals surface area contributed by atoms with Crippen LogP contribution in [-0.2, 0) is 12.8 Å². The van der Waals surface area contributed by atoms with Crippen LogP contribution in [-0.4, -0.2) is 0 Å². The Morgan fingerprint density at radius 2 is 1.50 bits per heavy atom. The van der Waals surface area contributed by atoms with Gasteiger partial charge in [-0.15, -0.1) is 0 Å². The van der Waals surface area contributed by atoms with Crippen LogP contribution in [0.15, 0.2) is 30.3 Å². The maximum absolute atomic E-state index is 2.29. The molecular weight excluding hydrogens is 192 g/mol. The molecule has 1 aliphatic carbocycles. The topological polar surface area (TPSA) is 0 Å². The van der Waals surface area contributed by atoms with Crippen LogP contribution in [0, 0.1) is 6.92 Å². The van der Waals surface area contributed by atoms with Crippen molar-refractivity contribution in [1.82, 2.24) is 0 Å². The maximum atomic E-state index is 2.29. The highest BCUT2D eigenvalue weighted by Crippen LogP contribution is 2.32. The summed E-state index contributed by atoms with van der Waals surface area (Å²) in [6, 6.07) is 11.2. The first kappa shape index (κ1) is 12.8. The molecule has 0 amide bonds. The van der Waals surface area contributed by atoms with Gasteiger partial charge in [0, 0.05) is 0 Å². The predicted molar refractivity (Wildman–Crippen MR) is 74.2 cm³/mol. The summed E-state index contributed by atoms with van der Waals surface area (Å²) in [4.78, 5) is 0. The molecule has 2 aromatic rings. The Morgan fingerprint density at radius 1 is 0.875 bits per heavy atom. The van der Waals surface area contributed by atoms with Crippen molar-refractivity contribution in [2.75, 3.05) is 0 Å². The molecule has 0 heteroatoms. The zero-order valence-electron chi connectivity index (χ0n) is 9.80. The van der Waals surface area contributed by atoms with Crippen molar-refractivity contribution in [1.29, 1.82) is 0 Å². The largest absolute Gasteiger partial charge is 0.0776 e. The van der Waals surface area contributed by atoms with Gasteiger partial charge in [0.05, 0.1) is 0 Å². The smallest absolute Gasteiger partial charge is 0.0117 e. The highest BCUT2D eigenvalue weighted by atomic mass is 14.2. The Labute approximate surface area is 99.3 Å². The zero-order chi connectivity index (χ0) is 10.8. The Bertz CT molecular complexity index is 470. The van der Waals surface area contributed by atoms with Crippen molar-refractivity contribution in [3.05, 3.63) is 47.0 Å². The van der Waals surface area contributed by atoms with Crippen molar-refractivity contribution in [3.63, 3.8) is 0 Å². The molecule has 0 atom stereocenters. The number of benzene rings is 2. The normalized spacial score (nSPS) is 11.7. The van der Waals surface area contributed by atoms with E-state index in [-0.39, 0.29) is 7.43 Å². The Morgan fingerprint density at radius 3 is 2.19 bits per heavy atom. The van der Waals surface area contributed by atoms with Crippen LogP contribution in [0.1, 0.15) is 38.0 Å². The Kier molecular flexibility index (Phi) is 4.12. The molecule has 0 radical (unpaired) electrons. The minimum Gasteiger partial charge on any atom is -0.0776 e. The van der Waals surface area contributed by atoms with Crippen LogP contribution in [0.2, 0.25) is 0 Å². The van der Waals surface area contributed by atoms with Gasteiger partial charge in [-0.2, -0.15) is 0 Å². The molecule has 0 unspecified atom stereocenters. The summed E-state index contributed by atoms with van der Waals surface area (Å²) in [7, 11) is 0. The van der Waals surface area contributed by atoms with Gasteiger partial charge in [-0.1, -0.05) is 51.6 Å². The van der Waals surface area contributed by atoms with Crippen molar-refractivity contribution >= 4 is 10.8 Å². The van der Waals surface area contributed by atoms with Crippen molar-refractivity contribution in [3.8, 4) is 0 Å². The molecule has 0 saturated heterocycles. The second kappa shape index (κ2) is 5.16. The van der Waals surface area contributed by atoms with E-state index >= 15 is 0 Å². The van der Waals surface area contributed by atoms with E-state index < -0.39 is 0 Å². The van der Waals surface area contributed by atoms with Gasteiger partial charge in [0.2, 0.25) is 0 Å². The number of hydrogen-bond donors (Lipinski definition) is 0. The molecule has 0 saturated carbocycles. The molecule has 0 N–H and O–H groups in total. The van der Waals surface area contributed by atoms with Gasteiger partial charge in [0.1, 0.15) is 0 Å². The standard InChI is InChI=1S/C13H12.C2H6.CH4/c1-9-5-6-11-8-7-10-3-2-4-12(9)13(10)11;1-2;/h2-6H,7-8H2,1H3;1-2H3;1H4. The van der Waals surface area contributed by atoms with Gasteiger partial charge in [-0.05, 0) is 47.2 Å². The van der Waals surface area contributed by atoms with Gasteiger partial charge in [-0.25, -0.2) is 0 Å². The second-order valence-corrected chi connectivity index (χ2v) is 3.88. The Balaban J connectivity index is 0.000000406. The highest BCUT2D eigenvalue weighted by Gasteiger charge is 2.13. The van der Waals surface area contributed by atoms with E-state index in [1.807, 2.05) is 13.8 Å². The molecule has 0 fully saturated rings. The number of aryl methyl sites for hydroxylation is 3.